The summed E-state index contributed by atoms with van der Waals surface area (Å²) in [5.74, 6) is 0. The van der Waals surface area contributed by atoms with Crippen molar-refractivity contribution in [1.82, 2.24) is 0 Å². The number of ether oxygens (including phenoxy) is 5. The molecule has 1 saturated heterocycles. The highest BCUT2D eigenvalue weighted by Crippen LogP contribution is 2.17. The molecule has 0 aromatic heterocycles. The number of rotatable bonds is 9. The maximum absolute atomic E-state index is 5.93. The van der Waals surface area contributed by atoms with E-state index in [-0.39, 0.29) is 6.10 Å². The molecule has 0 aliphatic carbocycles. The molecule has 1 aliphatic rings. The predicted molar refractivity (Wildman–Crippen MR) is 92.5 cm³/mol. The highest BCUT2D eigenvalue weighted by Gasteiger charge is 2.27. The van der Waals surface area contributed by atoms with Gasteiger partial charge in [0.05, 0.1) is 26.4 Å². The van der Waals surface area contributed by atoms with Crippen molar-refractivity contribution in [1.29, 1.82) is 0 Å². The molecule has 0 bridgehead atoms. The molecule has 0 amide bonds. The molecule has 0 saturated carbocycles. The lowest BCUT2D eigenvalue weighted by Crippen LogP contribution is -2.35. The first-order chi connectivity index (χ1) is 12.3. The Kier molecular flexibility index (Phi) is 6.97. The summed E-state index contributed by atoms with van der Waals surface area (Å²) < 4.78 is 28.4. The molecule has 0 N–H and O–H groups in total. The molecule has 5 heteroatoms. The highest BCUT2D eigenvalue weighted by molar-refractivity contribution is 5.14. The standard InChI is InChI=1S/C20H24O5/c1-16(23-14-17-8-4-2-5-9-17)19(25-20-21-12-13-22-20)24-15-18-10-6-3-7-11-18/h2-11,16,19-20H,12-15H2,1H3. The summed E-state index contributed by atoms with van der Waals surface area (Å²) in [7, 11) is 0. The Labute approximate surface area is 148 Å². The van der Waals surface area contributed by atoms with Crippen LogP contribution >= 0.6 is 0 Å². The Hall–Kier alpha value is -1.76. The summed E-state index contributed by atoms with van der Waals surface area (Å²) in [6.07, 6.45) is -0.872. The fraction of sp³-hybridized carbons (Fsp3) is 0.400. The van der Waals surface area contributed by atoms with Gasteiger partial charge in [-0.25, -0.2) is 0 Å². The maximum atomic E-state index is 5.93. The van der Waals surface area contributed by atoms with Gasteiger partial charge in [0.15, 0.2) is 6.29 Å². The van der Waals surface area contributed by atoms with Gasteiger partial charge in [0, 0.05) is 0 Å². The SMILES string of the molecule is CC(OCc1ccccc1)C(OCc1ccccc1)OC1OCCO1. The lowest BCUT2D eigenvalue weighted by molar-refractivity contribution is -0.326. The number of benzene rings is 2. The summed E-state index contributed by atoms with van der Waals surface area (Å²) in [5.41, 5.74) is 2.17. The predicted octanol–water partition coefficient (Wildman–Crippen LogP) is 3.48. The second kappa shape index (κ2) is 9.65. The Balaban J connectivity index is 1.55. The molecule has 2 aromatic rings. The minimum absolute atomic E-state index is 0.281. The van der Waals surface area contributed by atoms with Crippen LogP contribution in [0.4, 0.5) is 0 Å². The minimum atomic E-state index is -0.705. The van der Waals surface area contributed by atoms with Gasteiger partial charge in [0.25, 0.3) is 6.48 Å². The van der Waals surface area contributed by atoms with Gasteiger partial charge in [0.1, 0.15) is 6.10 Å². The summed E-state index contributed by atoms with van der Waals surface area (Å²) in [6, 6.07) is 20.0. The largest absolute Gasteiger partial charge is 0.369 e. The van der Waals surface area contributed by atoms with Gasteiger partial charge >= 0.3 is 0 Å². The molecule has 2 aromatic carbocycles. The van der Waals surface area contributed by atoms with Crippen LogP contribution in [-0.2, 0) is 36.9 Å². The maximum Gasteiger partial charge on any atom is 0.274 e. The summed E-state index contributed by atoms with van der Waals surface area (Å²) in [4.78, 5) is 0. The van der Waals surface area contributed by atoms with Gasteiger partial charge in [-0.3, -0.25) is 4.74 Å². The molecule has 2 unspecified atom stereocenters. The van der Waals surface area contributed by atoms with E-state index in [1.165, 1.54) is 0 Å². The summed E-state index contributed by atoms with van der Waals surface area (Å²) >= 11 is 0. The van der Waals surface area contributed by atoms with E-state index in [4.69, 9.17) is 23.7 Å². The normalized spacial score (nSPS) is 17.5. The molecule has 1 aliphatic heterocycles. The van der Waals surface area contributed by atoms with Crippen molar-refractivity contribution >= 4 is 0 Å². The Bertz CT molecular complexity index is 598. The fourth-order valence-corrected chi connectivity index (χ4v) is 2.44. The van der Waals surface area contributed by atoms with Gasteiger partial charge in [-0.1, -0.05) is 60.7 Å². The summed E-state index contributed by atoms with van der Waals surface area (Å²) in [5, 5.41) is 0. The van der Waals surface area contributed by atoms with Crippen molar-refractivity contribution in [3.63, 3.8) is 0 Å². The topological polar surface area (TPSA) is 46.2 Å². The molecule has 0 radical (unpaired) electrons. The molecule has 25 heavy (non-hydrogen) atoms. The van der Waals surface area contributed by atoms with Crippen LogP contribution in [0.1, 0.15) is 18.1 Å². The molecule has 1 fully saturated rings. The van der Waals surface area contributed by atoms with Crippen LogP contribution in [0.3, 0.4) is 0 Å². The van der Waals surface area contributed by atoms with E-state index < -0.39 is 12.8 Å². The molecule has 134 valence electrons. The zero-order chi connectivity index (χ0) is 17.3. The summed E-state index contributed by atoms with van der Waals surface area (Å²) in [6.45, 7) is 3.18. The van der Waals surface area contributed by atoms with E-state index >= 15 is 0 Å². The minimum Gasteiger partial charge on any atom is -0.369 e. The van der Waals surface area contributed by atoms with Crippen molar-refractivity contribution in [2.75, 3.05) is 13.2 Å². The molecule has 5 nitrogen and oxygen atoms in total. The van der Waals surface area contributed by atoms with Gasteiger partial charge in [-0.15, -0.1) is 0 Å². The van der Waals surface area contributed by atoms with E-state index in [1.807, 2.05) is 67.6 Å². The highest BCUT2D eigenvalue weighted by atomic mass is 16.9. The first-order valence-corrected chi connectivity index (χ1v) is 8.51. The average Bonchev–Trinajstić information content (AvgIpc) is 3.18. The quantitative estimate of drug-likeness (QED) is 0.652. The second-order valence-corrected chi connectivity index (χ2v) is 5.83. The second-order valence-electron chi connectivity index (χ2n) is 5.83. The van der Waals surface area contributed by atoms with E-state index in [1.54, 1.807) is 0 Å². The molecule has 3 rings (SSSR count). The van der Waals surface area contributed by atoms with Crippen LogP contribution in [0, 0.1) is 0 Å². The number of hydrogen-bond acceptors (Lipinski definition) is 5. The van der Waals surface area contributed by atoms with Crippen LogP contribution in [-0.4, -0.2) is 32.1 Å². The van der Waals surface area contributed by atoms with Gasteiger partial charge < -0.3 is 18.9 Å². The third-order valence-electron chi connectivity index (χ3n) is 3.83. The first kappa shape index (κ1) is 18.0. The molecular formula is C20H24O5. The van der Waals surface area contributed by atoms with E-state index in [0.717, 1.165) is 11.1 Å². The zero-order valence-corrected chi connectivity index (χ0v) is 14.4. The molecular weight excluding hydrogens is 320 g/mol. The van der Waals surface area contributed by atoms with Crippen molar-refractivity contribution in [2.45, 2.75) is 39.0 Å². The van der Waals surface area contributed by atoms with Crippen molar-refractivity contribution in [2.24, 2.45) is 0 Å². The van der Waals surface area contributed by atoms with Crippen LogP contribution in [0.15, 0.2) is 60.7 Å². The lowest BCUT2D eigenvalue weighted by atomic mass is 10.2. The van der Waals surface area contributed by atoms with Gasteiger partial charge in [-0.05, 0) is 18.1 Å². The monoisotopic (exact) mass is 344 g/mol. The Morgan fingerprint density at radius 2 is 1.36 bits per heavy atom. The van der Waals surface area contributed by atoms with Crippen LogP contribution < -0.4 is 0 Å². The van der Waals surface area contributed by atoms with Gasteiger partial charge in [-0.2, -0.15) is 0 Å². The number of hydrogen-bond donors (Lipinski definition) is 0. The van der Waals surface area contributed by atoms with E-state index in [9.17, 15) is 0 Å². The smallest absolute Gasteiger partial charge is 0.274 e. The fourth-order valence-electron chi connectivity index (χ4n) is 2.44. The lowest BCUT2D eigenvalue weighted by Gasteiger charge is -2.26. The van der Waals surface area contributed by atoms with Gasteiger partial charge in [0.2, 0.25) is 0 Å². The van der Waals surface area contributed by atoms with Crippen LogP contribution in [0.2, 0.25) is 0 Å². The van der Waals surface area contributed by atoms with Crippen LogP contribution in [0.25, 0.3) is 0 Å². The van der Waals surface area contributed by atoms with Crippen molar-refractivity contribution < 1.29 is 23.7 Å². The Morgan fingerprint density at radius 3 is 1.92 bits per heavy atom. The zero-order valence-electron chi connectivity index (χ0n) is 14.4. The van der Waals surface area contributed by atoms with E-state index in [2.05, 4.69) is 0 Å². The average molecular weight is 344 g/mol. The third kappa shape index (κ3) is 5.92. The van der Waals surface area contributed by atoms with Crippen LogP contribution in [0.5, 0.6) is 0 Å². The molecule has 0 spiro atoms. The Morgan fingerprint density at radius 1 is 0.840 bits per heavy atom. The van der Waals surface area contributed by atoms with Crippen molar-refractivity contribution in [3.05, 3.63) is 71.8 Å². The third-order valence-corrected chi connectivity index (χ3v) is 3.83. The van der Waals surface area contributed by atoms with E-state index in [0.29, 0.717) is 26.4 Å². The van der Waals surface area contributed by atoms with Crippen molar-refractivity contribution in [3.8, 4) is 0 Å². The first-order valence-electron chi connectivity index (χ1n) is 8.51. The molecule has 1 heterocycles. The molecule has 2 atom stereocenters.